The molecule has 27 heavy (non-hydrogen) atoms. The molecule has 0 aliphatic heterocycles. The lowest BCUT2D eigenvalue weighted by atomic mass is 9.98. The van der Waals surface area contributed by atoms with Crippen molar-refractivity contribution >= 4 is 15.7 Å². The molecule has 2 rings (SSSR count). The van der Waals surface area contributed by atoms with Crippen LogP contribution >= 0.6 is 0 Å². The van der Waals surface area contributed by atoms with Crippen LogP contribution in [0, 0.1) is 0 Å². The Morgan fingerprint density at radius 2 is 1.70 bits per heavy atom. The zero-order chi connectivity index (χ0) is 20.0. The standard InChI is InChI=1S/C21H27NO4S/c1-5-15(2)19-8-6-7-9-20(19)26-14-21(23)22-16(3)17-10-12-18(13-11-17)27(4,24)25/h6-13,15-16H,5,14H2,1-4H3,(H,22,23)/t15-,16+/m1/s1. The monoisotopic (exact) mass is 389 g/mol. The lowest BCUT2D eigenvalue weighted by Crippen LogP contribution is -2.31. The third kappa shape index (κ3) is 5.82. The maximum Gasteiger partial charge on any atom is 0.258 e. The maximum atomic E-state index is 12.2. The third-order valence-electron chi connectivity index (χ3n) is 4.61. The van der Waals surface area contributed by atoms with Gasteiger partial charge in [-0.25, -0.2) is 8.42 Å². The molecule has 0 aliphatic rings. The van der Waals surface area contributed by atoms with E-state index in [4.69, 9.17) is 4.74 Å². The molecule has 0 radical (unpaired) electrons. The molecule has 0 saturated carbocycles. The summed E-state index contributed by atoms with van der Waals surface area (Å²) in [5, 5.41) is 2.87. The number of hydrogen-bond donors (Lipinski definition) is 1. The van der Waals surface area contributed by atoms with Gasteiger partial charge in [0.1, 0.15) is 5.75 Å². The van der Waals surface area contributed by atoms with Gasteiger partial charge >= 0.3 is 0 Å². The Morgan fingerprint density at radius 1 is 1.07 bits per heavy atom. The third-order valence-corrected chi connectivity index (χ3v) is 5.74. The molecule has 0 aliphatic carbocycles. The predicted octanol–water partition coefficient (Wildman–Crippen LogP) is 3.86. The van der Waals surface area contributed by atoms with Crippen molar-refractivity contribution in [1.82, 2.24) is 5.32 Å². The number of carbonyl (C=O) groups excluding carboxylic acids is 1. The average Bonchev–Trinajstić information content (AvgIpc) is 2.65. The Labute approximate surface area is 161 Å². The molecule has 0 spiro atoms. The van der Waals surface area contributed by atoms with Crippen molar-refractivity contribution in [3.05, 3.63) is 59.7 Å². The molecule has 0 aromatic heterocycles. The zero-order valence-corrected chi connectivity index (χ0v) is 17.0. The van der Waals surface area contributed by atoms with Crippen molar-refractivity contribution in [2.45, 2.75) is 44.0 Å². The number of nitrogens with one attached hydrogen (secondary N) is 1. The second-order valence-electron chi connectivity index (χ2n) is 6.77. The van der Waals surface area contributed by atoms with Crippen LogP contribution in [0.5, 0.6) is 5.75 Å². The summed E-state index contributed by atoms with van der Waals surface area (Å²) < 4.78 is 28.8. The quantitative estimate of drug-likeness (QED) is 0.744. The summed E-state index contributed by atoms with van der Waals surface area (Å²) >= 11 is 0. The highest BCUT2D eigenvalue weighted by atomic mass is 32.2. The second kappa shape index (κ2) is 9.04. The number of rotatable bonds is 8. The van der Waals surface area contributed by atoms with Gasteiger partial charge in [0, 0.05) is 6.26 Å². The second-order valence-corrected chi connectivity index (χ2v) is 8.78. The minimum absolute atomic E-state index is 0.0702. The van der Waals surface area contributed by atoms with Crippen molar-refractivity contribution in [2.24, 2.45) is 0 Å². The topological polar surface area (TPSA) is 72.5 Å². The van der Waals surface area contributed by atoms with Crippen molar-refractivity contribution in [3.8, 4) is 5.75 Å². The van der Waals surface area contributed by atoms with Crippen LogP contribution in [0.25, 0.3) is 0 Å². The smallest absolute Gasteiger partial charge is 0.258 e. The first-order valence-corrected chi connectivity index (χ1v) is 10.9. The van der Waals surface area contributed by atoms with Crippen LogP contribution in [-0.2, 0) is 14.6 Å². The van der Waals surface area contributed by atoms with E-state index in [0.717, 1.165) is 23.3 Å². The number of ether oxygens (including phenoxy) is 1. The van der Waals surface area contributed by atoms with Crippen LogP contribution < -0.4 is 10.1 Å². The summed E-state index contributed by atoms with van der Waals surface area (Å²) in [5.74, 6) is 0.859. The van der Waals surface area contributed by atoms with Gasteiger partial charge < -0.3 is 10.1 Å². The molecule has 1 N–H and O–H groups in total. The Bertz CT molecular complexity index is 875. The van der Waals surface area contributed by atoms with Crippen LogP contribution in [0.15, 0.2) is 53.4 Å². The molecular weight excluding hydrogens is 362 g/mol. The highest BCUT2D eigenvalue weighted by molar-refractivity contribution is 7.90. The number of hydrogen-bond acceptors (Lipinski definition) is 4. The fourth-order valence-corrected chi connectivity index (χ4v) is 3.38. The Balaban J connectivity index is 1.96. The zero-order valence-electron chi connectivity index (χ0n) is 16.2. The summed E-state index contributed by atoms with van der Waals surface area (Å²) in [4.78, 5) is 12.5. The maximum absolute atomic E-state index is 12.2. The van der Waals surface area contributed by atoms with Gasteiger partial charge in [-0.05, 0) is 48.6 Å². The first-order chi connectivity index (χ1) is 12.7. The molecule has 5 nitrogen and oxygen atoms in total. The van der Waals surface area contributed by atoms with E-state index >= 15 is 0 Å². The van der Waals surface area contributed by atoms with Crippen molar-refractivity contribution < 1.29 is 17.9 Å². The fraction of sp³-hybridized carbons (Fsp3) is 0.381. The molecule has 0 saturated heterocycles. The van der Waals surface area contributed by atoms with E-state index in [9.17, 15) is 13.2 Å². The largest absolute Gasteiger partial charge is 0.483 e. The summed E-state index contributed by atoms with van der Waals surface area (Å²) in [5.41, 5.74) is 1.92. The summed E-state index contributed by atoms with van der Waals surface area (Å²) in [6.45, 7) is 6.02. The molecule has 2 aromatic rings. The van der Waals surface area contributed by atoms with Crippen LogP contribution in [0.1, 0.15) is 50.3 Å². The van der Waals surface area contributed by atoms with Crippen molar-refractivity contribution in [2.75, 3.05) is 12.9 Å². The van der Waals surface area contributed by atoms with E-state index in [1.165, 1.54) is 6.26 Å². The van der Waals surface area contributed by atoms with E-state index in [2.05, 4.69) is 19.2 Å². The minimum Gasteiger partial charge on any atom is -0.483 e. The molecule has 2 atom stereocenters. The first-order valence-electron chi connectivity index (χ1n) is 9.03. The Kier molecular flexibility index (Phi) is 7.02. The van der Waals surface area contributed by atoms with E-state index in [1.54, 1.807) is 24.3 Å². The van der Waals surface area contributed by atoms with Gasteiger partial charge in [-0.1, -0.05) is 44.2 Å². The van der Waals surface area contributed by atoms with Gasteiger partial charge in [0.25, 0.3) is 5.91 Å². The normalized spacial score (nSPS) is 13.6. The van der Waals surface area contributed by atoms with E-state index in [1.807, 2.05) is 31.2 Å². The number of carbonyl (C=O) groups is 1. The fourth-order valence-electron chi connectivity index (χ4n) is 2.75. The van der Waals surface area contributed by atoms with E-state index < -0.39 is 9.84 Å². The van der Waals surface area contributed by atoms with Crippen molar-refractivity contribution in [3.63, 3.8) is 0 Å². The highest BCUT2D eigenvalue weighted by Crippen LogP contribution is 2.28. The molecule has 6 heteroatoms. The average molecular weight is 390 g/mol. The van der Waals surface area contributed by atoms with Crippen LogP contribution in [0.4, 0.5) is 0 Å². The van der Waals surface area contributed by atoms with Gasteiger partial charge in [0.2, 0.25) is 0 Å². The number of sulfone groups is 1. The Hall–Kier alpha value is -2.34. The molecule has 0 heterocycles. The van der Waals surface area contributed by atoms with Crippen LogP contribution in [-0.4, -0.2) is 27.2 Å². The minimum atomic E-state index is -3.23. The lowest BCUT2D eigenvalue weighted by Gasteiger charge is -2.17. The molecular formula is C21H27NO4S. The van der Waals surface area contributed by atoms with Crippen LogP contribution in [0.2, 0.25) is 0 Å². The molecule has 0 unspecified atom stereocenters. The first kappa shape index (κ1) is 21.0. The SMILES string of the molecule is CC[C@@H](C)c1ccccc1OCC(=O)N[C@@H](C)c1ccc(S(C)(=O)=O)cc1. The molecule has 1 amide bonds. The predicted molar refractivity (Wildman–Crippen MR) is 107 cm³/mol. The number of para-hydroxylation sites is 1. The van der Waals surface area contributed by atoms with Gasteiger partial charge in [-0.15, -0.1) is 0 Å². The summed E-state index contributed by atoms with van der Waals surface area (Å²) in [6, 6.07) is 14.0. The van der Waals surface area contributed by atoms with E-state index in [-0.39, 0.29) is 23.5 Å². The summed E-state index contributed by atoms with van der Waals surface area (Å²) in [6.07, 6.45) is 2.16. The van der Waals surface area contributed by atoms with E-state index in [0.29, 0.717) is 5.92 Å². The van der Waals surface area contributed by atoms with Gasteiger partial charge in [-0.3, -0.25) is 4.79 Å². The molecule has 146 valence electrons. The highest BCUT2D eigenvalue weighted by Gasteiger charge is 2.14. The number of benzene rings is 2. The van der Waals surface area contributed by atoms with Gasteiger partial charge in [0.05, 0.1) is 10.9 Å². The van der Waals surface area contributed by atoms with Gasteiger partial charge in [-0.2, -0.15) is 0 Å². The van der Waals surface area contributed by atoms with Crippen molar-refractivity contribution in [1.29, 1.82) is 0 Å². The molecule has 2 aromatic carbocycles. The summed E-state index contributed by atoms with van der Waals surface area (Å²) in [7, 11) is -3.23. The number of amides is 1. The van der Waals surface area contributed by atoms with Crippen LogP contribution in [0.3, 0.4) is 0 Å². The Morgan fingerprint density at radius 3 is 2.30 bits per heavy atom. The molecule has 0 bridgehead atoms. The lowest BCUT2D eigenvalue weighted by molar-refractivity contribution is -0.123. The van der Waals surface area contributed by atoms with Gasteiger partial charge in [0.15, 0.2) is 16.4 Å². The molecule has 0 fully saturated rings.